The molecule has 3 aromatic rings. The molecule has 3 rings (SSSR count). The number of benzene rings is 2. The lowest BCUT2D eigenvalue weighted by molar-refractivity contribution is 0.373. The maximum atomic E-state index is 12.0. The molecule has 23 heavy (non-hydrogen) atoms. The van der Waals surface area contributed by atoms with Gasteiger partial charge in [-0.2, -0.15) is 0 Å². The van der Waals surface area contributed by atoms with Crippen LogP contribution in [-0.4, -0.2) is 28.6 Å². The molecule has 3 N–H and O–H groups in total. The predicted octanol–water partition coefficient (Wildman–Crippen LogP) is 1.68. The second-order valence-electron chi connectivity index (χ2n) is 4.76. The first-order chi connectivity index (χ1) is 11.1. The number of nitrogens with one attached hydrogen (secondary N) is 2. The highest BCUT2D eigenvalue weighted by atomic mass is 16.5. The number of para-hydroxylation sites is 1. The van der Waals surface area contributed by atoms with Gasteiger partial charge in [0.15, 0.2) is 11.5 Å². The zero-order chi connectivity index (χ0) is 16.4. The van der Waals surface area contributed by atoms with E-state index in [2.05, 4.69) is 15.2 Å². The van der Waals surface area contributed by atoms with E-state index in [9.17, 15) is 14.7 Å². The van der Waals surface area contributed by atoms with Gasteiger partial charge >= 0.3 is 0 Å². The predicted molar refractivity (Wildman–Crippen MR) is 87.1 cm³/mol. The molecule has 7 nitrogen and oxygen atoms in total. The Bertz CT molecular complexity index is 1020. The zero-order valence-corrected chi connectivity index (χ0v) is 12.2. The van der Waals surface area contributed by atoms with Gasteiger partial charge in [0.05, 0.1) is 23.6 Å². The number of nitrogens with zero attached hydrogens (tertiary/aromatic N) is 1. The second-order valence-corrected chi connectivity index (χ2v) is 4.76. The minimum Gasteiger partial charge on any atom is -0.504 e. The van der Waals surface area contributed by atoms with Crippen molar-refractivity contribution in [2.45, 2.75) is 0 Å². The minimum absolute atomic E-state index is 0.0502. The Balaban J connectivity index is 2.15. The smallest absolute Gasteiger partial charge is 0.272 e. The van der Waals surface area contributed by atoms with Gasteiger partial charge in [0.1, 0.15) is 0 Å². The third-order valence-electron chi connectivity index (χ3n) is 3.40. The third-order valence-corrected chi connectivity index (χ3v) is 3.40. The second kappa shape index (κ2) is 5.80. The van der Waals surface area contributed by atoms with Crippen LogP contribution in [0.4, 0.5) is 5.69 Å². The number of phenols is 1. The van der Waals surface area contributed by atoms with E-state index in [-0.39, 0.29) is 16.5 Å². The van der Waals surface area contributed by atoms with Gasteiger partial charge in [-0.05, 0) is 24.3 Å². The molecular formula is C16H13N3O4. The fourth-order valence-corrected chi connectivity index (χ4v) is 2.27. The van der Waals surface area contributed by atoms with Crippen LogP contribution in [0.2, 0.25) is 0 Å². The molecule has 116 valence electrons. The summed E-state index contributed by atoms with van der Waals surface area (Å²) in [6, 6.07) is 9.78. The van der Waals surface area contributed by atoms with Crippen molar-refractivity contribution in [3.05, 3.63) is 62.7 Å². The van der Waals surface area contributed by atoms with E-state index >= 15 is 0 Å². The molecule has 0 bridgehead atoms. The van der Waals surface area contributed by atoms with Crippen LogP contribution < -0.4 is 15.9 Å². The van der Waals surface area contributed by atoms with Crippen molar-refractivity contribution in [1.29, 1.82) is 0 Å². The summed E-state index contributed by atoms with van der Waals surface area (Å²) < 4.78 is 5.03. The molecule has 0 fully saturated rings. The number of rotatable bonds is 3. The number of ether oxygens (including phenoxy) is 1. The SMILES string of the molecule is COc1cccc(C=Nc2cccc3c(=O)[nH][nH]c(=O)c23)c1O. The van der Waals surface area contributed by atoms with Crippen LogP contribution in [0.3, 0.4) is 0 Å². The summed E-state index contributed by atoms with van der Waals surface area (Å²) in [4.78, 5) is 28.0. The number of hydrogen-bond donors (Lipinski definition) is 3. The first-order valence-electron chi connectivity index (χ1n) is 6.75. The van der Waals surface area contributed by atoms with Crippen LogP contribution in [0.25, 0.3) is 10.8 Å². The number of hydrogen-bond acceptors (Lipinski definition) is 5. The topological polar surface area (TPSA) is 108 Å². The molecule has 0 aliphatic carbocycles. The summed E-state index contributed by atoms with van der Waals surface area (Å²) in [5.41, 5.74) is -0.0808. The molecule has 0 saturated heterocycles. The molecule has 0 amide bonds. The van der Waals surface area contributed by atoms with E-state index in [0.717, 1.165) is 0 Å². The molecular weight excluding hydrogens is 298 g/mol. The molecule has 0 aliphatic rings. The number of fused-ring (bicyclic) bond motifs is 1. The number of aliphatic imine (C=N–C) groups is 1. The summed E-state index contributed by atoms with van der Waals surface area (Å²) in [5, 5.41) is 15.0. The molecule has 1 heterocycles. The highest BCUT2D eigenvalue weighted by molar-refractivity contribution is 5.95. The van der Waals surface area contributed by atoms with Crippen molar-refractivity contribution in [3.8, 4) is 11.5 Å². The Kier molecular flexibility index (Phi) is 3.68. The van der Waals surface area contributed by atoms with Gasteiger partial charge in [-0.25, -0.2) is 0 Å². The first kappa shape index (κ1) is 14.6. The Labute approximate surface area is 129 Å². The van der Waals surface area contributed by atoms with Crippen LogP contribution in [0.1, 0.15) is 5.56 Å². The van der Waals surface area contributed by atoms with Crippen LogP contribution >= 0.6 is 0 Å². The van der Waals surface area contributed by atoms with Gasteiger partial charge in [-0.15, -0.1) is 0 Å². The Hall–Kier alpha value is -3.35. The number of aromatic nitrogens is 2. The Morgan fingerprint density at radius 1 is 1.09 bits per heavy atom. The summed E-state index contributed by atoms with van der Waals surface area (Å²) in [5.74, 6) is 0.270. The molecule has 0 radical (unpaired) electrons. The van der Waals surface area contributed by atoms with Crippen molar-refractivity contribution in [2.75, 3.05) is 7.11 Å². The molecule has 0 saturated carbocycles. The first-order valence-corrected chi connectivity index (χ1v) is 6.75. The normalized spacial score (nSPS) is 11.2. The molecule has 1 aromatic heterocycles. The largest absolute Gasteiger partial charge is 0.504 e. The lowest BCUT2D eigenvalue weighted by atomic mass is 10.1. The number of aromatic hydroxyl groups is 1. The monoisotopic (exact) mass is 311 g/mol. The van der Waals surface area contributed by atoms with Crippen LogP contribution in [0.5, 0.6) is 11.5 Å². The van der Waals surface area contributed by atoms with Crippen molar-refractivity contribution < 1.29 is 9.84 Å². The minimum atomic E-state index is -0.442. The summed E-state index contributed by atoms with van der Waals surface area (Å²) in [6.07, 6.45) is 1.41. The number of phenolic OH excluding ortho intramolecular Hbond substituents is 1. The lowest BCUT2D eigenvalue weighted by Gasteiger charge is -2.05. The van der Waals surface area contributed by atoms with Crippen molar-refractivity contribution in [1.82, 2.24) is 10.2 Å². The van der Waals surface area contributed by atoms with Gasteiger partial charge in [-0.1, -0.05) is 12.1 Å². The van der Waals surface area contributed by atoms with Crippen LogP contribution in [-0.2, 0) is 0 Å². The highest BCUT2D eigenvalue weighted by Crippen LogP contribution is 2.29. The van der Waals surface area contributed by atoms with E-state index in [4.69, 9.17) is 4.74 Å². The Morgan fingerprint density at radius 2 is 1.83 bits per heavy atom. The average Bonchev–Trinajstić information content (AvgIpc) is 2.57. The average molecular weight is 311 g/mol. The fourth-order valence-electron chi connectivity index (χ4n) is 2.27. The van der Waals surface area contributed by atoms with Crippen molar-refractivity contribution >= 4 is 22.7 Å². The van der Waals surface area contributed by atoms with E-state index in [1.807, 2.05) is 0 Å². The molecule has 0 atom stereocenters. The number of methoxy groups -OCH3 is 1. The van der Waals surface area contributed by atoms with Gasteiger partial charge in [-0.3, -0.25) is 24.8 Å². The molecule has 0 aliphatic heterocycles. The number of H-pyrrole nitrogens is 2. The molecule has 0 spiro atoms. The quantitative estimate of drug-likeness (QED) is 0.639. The lowest BCUT2D eigenvalue weighted by Crippen LogP contribution is -2.18. The van der Waals surface area contributed by atoms with Gasteiger partial charge in [0.25, 0.3) is 11.1 Å². The highest BCUT2D eigenvalue weighted by Gasteiger charge is 2.08. The van der Waals surface area contributed by atoms with Gasteiger partial charge in [0.2, 0.25) is 0 Å². The maximum Gasteiger partial charge on any atom is 0.272 e. The third kappa shape index (κ3) is 2.59. The van der Waals surface area contributed by atoms with Gasteiger partial charge in [0, 0.05) is 11.8 Å². The Morgan fingerprint density at radius 3 is 2.61 bits per heavy atom. The van der Waals surface area contributed by atoms with E-state index in [0.29, 0.717) is 17.0 Å². The standard InChI is InChI=1S/C16H13N3O4/c1-23-12-7-2-4-9(14(12)20)8-17-11-6-3-5-10-13(11)16(22)19-18-15(10)21/h2-8,20H,1H3,(H,18,21)(H,19,22). The molecule has 7 heteroatoms. The molecule has 2 aromatic carbocycles. The summed E-state index contributed by atoms with van der Waals surface area (Å²) >= 11 is 0. The molecule has 0 unspecified atom stereocenters. The summed E-state index contributed by atoms with van der Waals surface area (Å²) in [7, 11) is 1.45. The maximum absolute atomic E-state index is 12.0. The fraction of sp³-hybridized carbons (Fsp3) is 0.0625. The summed E-state index contributed by atoms with van der Waals surface area (Å²) in [6.45, 7) is 0. The zero-order valence-electron chi connectivity index (χ0n) is 12.2. The van der Waals surface area contributed by atoms with E-state index < -0.39 is 11.1 Å². The van der Waals surface area contributed by atoms with Crippen LogP contribution in [0, 0.1) is 0 Å². The van der Waals surface area contributed by atoms with Gasteiger partial charge < -0.3 is 9.84 Å². The van der Waals surface area contributed by atoms with Crippen molar-refractivity contribution in [3.63, 3.8) is 0 Å². The number of aromatic amines is 2. The van der Waals surface area contributed by atoms with E-state index in [1.165, 1.54) is 13.3 Å². The van der Waals surface area contributed by atoms with Crippen LogP contribution in [0.15, 0.2) is 51.0 Å². The van der Waals surface area contributed by atoms with E-state index in [1.54, 1.807) is 36.4 Å². The van der Waals surface area contributed by atoms with Crippen molar-refractivity contribution in [2.24, 2.45) is 4.99 Å².